The number of aliphatic carboxylic acids is 1. The predicted molar refractivity (Wildman–Crippen MR) is 114 cm³/mol. The summed E-state index contributed by atoms with van der Waals surface area (Å²) in [5.74, 6) is -1.24. The molecule has 0 unspecified atom stereocenters. The van der Waals surface area contributed by atoms with E-state index in [0.717, 1.165) is 37.7 Å². The largest absolute Gasteiger partial charge is 0.480 e. The molecular weight excluding hydrogens is 386 g/mol. The fourth-order valence-corrected chi connectivity index (χ4v) is 2.88. The van der Waals surface area contributed by atoms with Crippen molar-refractivity contribution in [1.82, 2.24) is 5.32 Å². The van der Waals surface area contributed by atoms with Crippen molar-refractivity contribution >= 4 is 18.0 Å². The highest BCUT2D eigenvalue weighted by molar-refractivity contribution is 5.79. The maximum Gasteiger partial charge on any atom is 0.408 e. The number of benzene rings is 1. The van der Waals surface area contributed by atoms with Crippen LogP contribution in [0.4, 0.5) is 4.79 Å². The van der Waals surface area contributed by atoms with Crippen LogP contribution in [0.25, 0.3) is 0 Å². The summed E-state index contributed by atoms with van der Waals surface area (Å²) in [6.07, 6.45) is 5.28. The Morgan fingerprint density at radius 2 is 1.57 bits per heavy atom. The topological polar surface area (TPSA) is 102 Å². The minimum absolute atomic E-state index is 0.0995. The van der Waals surface area contributed by atoms with Gasteiger partial charge in [0.15, 0.2) is 0 Å². The molecule has 0 aliphatic carbocycles. The van der Waals surface area contributed by atoms with E-state index in [0.29, 0.717) is 19.3 Å². The van der Waals surface area contributed by atoms with Crippen molar-refractivity contribution < 1.29 is 29.0 Å². The highest BCUT2D eigenvalue weighted by Gasteiger charge is 2.20. The monoisotopic (exact) mass is 421 g/mol. The van der Waals surface area contributed by atoms with Crippen LogP contribution in [-0.4, -0.2) is 34.8 Å². The molecule has 168 valence electrons. The van der Waals surface area contributed by atoms with Crippen molar-refractivity contribution in [3.05, 3.63) is 35.9 Å². The SMILES string of the molecule is CC(C)(C)OC(=O)CCCCCCCC[C@H](NC(=O)OCc1ccccc1)C(=O)O. The molecule has 0 saturated heterocycles. The van der Waals surface area contributed by atoms with E-state index in [1.54, 1.807) is 0 Å². The van der Waals surface area contributed by atoms with Gasteiger partial charge in [0, 0.05) is 6.42 Å². The van der Waals surface area contributed by atoms with Crippen LogP contribution < -0.4 is 5.32 Å². The number of carbonyl (C=O) groups is 3. The molecule has 0 aliphatic rings. The number of carbonyl (C=O) groups excluding carboxylic acids is 2. The fourth-order valence-electron chi connectivity index (χ4n) is 2.88. The van der Waals surface area contributed by atoms with E-state index in [-0.39, 0.29) is 12.6 Å². The second kappa shape index (κ2) is 13.6. The normalized spacial score (nSPS) is 12.1. The minimum Gasteiger partial charge on any atom is -0.480 e. The average Bonchev–Trinajstić information content (AvgIpc) is 2.66. The number of rotatable bonds is 13. The molecule has 0 aliphatic heterocycles. The zero-order valence-corrected chi connectivity index (χ0v) is 18.3. The third-order valence-electron chi connectivity index (χ3n) is 4.35. The first kappa shape index (κ1) is 25.5. The van der Waals surface area contributed by atoms with E-state index in [2.05, 4.69) is 5.32 Å². The smallest absolute Gasteiger partial charge is 0.408 e. The van der Waals surface area contributed by atoms with Gasteiger partial charge in [-0.2, -0.15) is 0 Å². The molecule has 1 aromatic carbocycles. The van der Waals surface area contributed by atoms with Gasteiger partial charge in [0.1, 0.15) is 18.2 Å². The quantitative estimate of drug-likeness (QED) is 0.349. The number of alkyl carbamates (subject to hydrolysis) is 1. The van der Waals surface area contributed by atoms with Crippen molar-refractivity contribution in [1.29, 1.82) is 0 Å². The van der Waals surface area contributed by atoms with E-state index in [9.17, 15) is 19.5 Å². The summed E-state index contributed by atoms with van der Waals surface area (Å²) in [4.78, 5) is 34.8. The van der Waals surface area contributed by atoms with E-state index >= 15 is 0 Å². The number of carboxylic acids is 1. The van der Waals surface area contributed by atoms with Gasteiger partial charge in [-0.1, -0.05) is 62.4 Å². The summed E-state index contributed by atoms with van der Waals surface area (Å²) in [5, 5.41) is 11.7. The molecule has 7 nitrogen and oxygen atoms in total. The Hall–Kier alpha value is -2.57. The summed E-state index contributed by atoms with van der Waals surface area (Å²) >= 11 is 0. The number of nitrogens with one attached hydrogen (secondary N) is 1. The second-order valence-corrected chi connectivity index (χ2v) is 8.34. The molecule has 1 rings (SSSR count). The van der Waals surface area contributed by atoms with Crippen LogP contribution >= 0.6 is 0 Å². The number of unbranched alkanes of at least 4 members (excludes halogenated alkanes) is 5. The first-order chi connectivity index (χ1) is 14.2. The van der Waals surface area contributed by atoms with Crippen LogP contribution in [0.15, 0.2) is 30.3 Å². The Morgan fingerprint density at radius 3 is 2.17 bits per heavy atom. The molecular formula is C23H35NO6. The number of hydrogen-bond donors (Lipinski definition) is 2. The lowest BCUT2D eigenvalue weighted by Crippen LogP contribution is -2.40. The van der Waals surface area contributed by atoms with Crippen molar-refractivity contribution in [2.75, 3.05) is 0 Å². The van der Waals surface area contributed by atoms with Gasteiger partial charge in [0.2, 0.25) is 0 Å². The molecule has 7 heteroatoms. The number of hydrogen-bond acceptors (Lipinski definition) is 5. The highest BCUT2D eigenvalue weighted by atomic mass is 16.6. The Bertz CT molecular complexity index is 653. The molecule has 0 saturated carbocycles. The Balaban J connectivity index is 2.13. The van der Waals surface area contributed by atoms with E-state index < -0.39 is 23.7 Å². The summed E-state index contributed by atoms with van der Waals surface area (Å²) in [6.45, 7) is 5.66. The summed E-state index contributed by atoms with van der Waals surface area (Å²) < 4.78 is 10.3. The average molecular weight is 422 g/mol. The molecule has 1 amide bonds. The van der Waals surface area contributed by atoms with E-state index in [1.807, 2.05) is 51.1 Å². The van der Waals surface area contributed by atoms with Gasteiger partial charge in [-0.05, 0) is 39.2 Å². The summed E-state index contributed by atoms with van der Waals surface area (Å²) in [7, 11) is 0. The molecule has 0 spiro atoms. The zero-order chi connectivity index (χ0) is 22.4. The molecule has 0 radical (unpaired) electrons. The lowest BCUT2D eigenvalue weighted by molar-refractivity contribution is -0.155. The van der Waals surface area contributed by atoms with Crippen LogP contribution in [0.2, 0.25) is 0 Å². The van der Waals surface area contributed by atoms with Gasteiger partial charge < -0.3 is 19.9 Å². The Labute approximate surface area is 179 Å². The highest BCUT2D eigenvalue weighted by Crippen LogP contribution is 2.13. The molecule has 0 fully saturated rings. The molecule has 1 atom stereocenters. The lowest BCUT2D eigenvalue weighted by Gasteiger charge is -2.19. The standard InChI is InChI=1S/C23H35NO6/c1-23(2,3)30-20(25)16-12-7-5-4-6-11-15-19(21(26)27)24-22(28)29-17-18-13-9-8-10-14-18/h8-10,13-14,19H,4-7,11-12,15-17H2,1-3H3,(H,24,28)(H,26,27)/t19-/m0/s1. The molecule has 2 N–H and O–H groups in total. The Kier molecular flexibility index (Phi) is 11.6. The maximum absolute atomic E-state index is 11.8. The second-order valence-electron chi connectivity index (χ2n) is 8.34. The molecule has 0 aromatic heterocycles. The molecule has 1 aromatic rings. The predicted octanol–water partition coefficient (Wildman–Crippen LogP) is 4.83. The van der Waals surface area contributed by atoms with Crippen molar-refractivity contribution in [3.63, 3.8) is 0 Å². The number of amides is 1. The molecule has 0 heterocycles. The minimum atomic E-state index is -1.07. The number of carboxylic acid groups (broad SMARTS) is 1. The van der Waals surface area contributed by atoms with Gasteiger partial charge in [-0.15, -0.1) is 0 Å². The van der Waals surface area contributed by atoms with E-state index in [4.69, 9.17) is 9.47 Å². The number of ether oxygens (including phenoxy) is 2. The van der Waals surface area contributed by atoms with Crippen molar-refractivity contribution in [2.24, 2.45) is 0 Å². The maximum atomic E-state index is 11.8. The van der Waals surface area contributed by atoms with Crippen molar-refractivity contribution in [3.8, 4) is 0 Å². The lowest BCUT2D eigenvalue weighted by atomic mass is 10.0. The third-order valence-corrected chi connectivity index (χ3v) is 4.35. The summed E-state index contributed by atoms with van der Waals surface area (Å²) in [5.41, 5.74) is 0.394. The van der Waals surface area contributed by atoms with E-state index in [1.165, 1.54) is 0 Å². The van der Waals surface area contributed by atoms with Crippen LogP contribution in [0.1, 0.15) is 77.7 Å². The molecule has 0 bridgehead atoms. The van der Waals surface area contributed by atoms with Crippen LogP contribution in [0.3, 0.4) is 0 Å². The Morgan fingerprint density at radius 1 is 0.967 bits per heavy atom. The van der Waals surface area contributed by atoms with Crippen LogP contribution in [0, 0.1) is 0 Å². The van der Waals surface area contributed by atoms with Crippen LogP contribution in [-0.2, 0) is 25.7 Å². The molecule has 30 heavy (non-hydrogen) atoms. The first-order valence-corrected chi connectivity index (χ1v) is 10.6. The third kappa shape index (κ3) is 12.8. The zero-order valence-electron chi connectivity index (χ0n) is 18.3. The first-order valence-electron chi connectivity index (χ1n) is 10.6. The van der Waals surface area contributed by atoms with Crippen molar-refractivity contribution in [2.45, 2.75) is 90.4 Å². The van der Waals surface area contributed by atoms with Gasteiger partial charge in [0.05, 0.1) is 0 Å². The summed E-state index contributed by atoms with van der Waals surface area (Å²) in [6, 6.07) is 8.25. The van der Waals surface area contributed by atoms with Gasteiger partial charge in [0.25, 0.3) is 0 Å². The number of esters is 1. The fraction of sp³-hybridized carbons (Fsp3) is 0.609. The van der Waals surface area contributed by atoms with Crippen LogP contribution in [0.5, 0.6) is 0 Å². The van der Waals surface area contributed by atoms with Gasteiger partial charge >= 0.3 is 18.0 Å². The van der Waals surface area contributed by atoms with Gasteiger partial charge in [-0.25, -0.2) is 9.59 Å². The van der Waals surface area contributed by atoms with Gasteiger partial charge in [-0.3, -0.25) is 4.79 Å².